The monoisotopic (exact) mass is 362 g/mol. The van der Waals surface area contributed by atoms with E-state index in [0.717, 1.165) is 17.5 Å². The van der Waals surface area contributed by atoms with Crippen molar-refractivity contribution in [3.63, 3.8) is 0 Å². The number of rotatable bonds is 3. The van der Waals surface area contributed by atoms with Crippen LogP contribution in [-0.2, 0) is 11.3 Å². The molecule has 1 amide bonds. The van der Waals surface area contributed by atoms with Crippen molar-refractivity contribution in [2.24, 2.45) is 5.92 Å². The molecule has 4 nitrogen and oxygen atoms in total. The summed E-state index contributed by atoms with van der Waals surface area (Å²) in [6, 6.07) is 15.5. The van der Waals surface area contributed by atoms with Crippen LogP contribution in [0.25, 0.3) is 21.8 Å². The Labute approximate surface area is 159 Å². The summed E-state index contributed by atoms with van der Waals surface area (Å²) in [6.45, 7) is 2.50. The van der Waals surface area contributed by atoms with Crippen molar-refractivity contribution >= 4 is 27.7 Å². The van der Waals surface area contributed by atoms with Crippen molar-refractivity contribution in [3.8, 4) is 0 Å². The number of fused-ring (bicyclic) bond motifs is 2. The standard InChI is InChI=1S/C23H26N2O2/c1-16-9-3-6-12-19(16)24(2)22(26)15-25-20-13-7-4-10-17(20)23(27)18-11-5-8-14-21(18)25/h4-5,7-8,10-11,13-14,16,19H,3,6,9,12,15H2,1-2H3/t16-,19-/m0/s1. The molecule has 140 valence electrons. The summed E-state index contributed by atoms with van der Waals surface area (Å²) in [6.07, 6.45) is 4.71. The molecule has 0 bridgehead atoms. The van der Waals surface area contributed by atoms with E-state index in [1.807, 2.05) is 65.0 Å². The summed E-state index contributed by atoms with van der Waals surface area (Å²) in [4.78, 5) is 27.9. The van der Waals surface area contributed by atoms with E-state index < -0.39 is 0 Å². The zero-order valence-corrected chi connectivity index (χ0v) is 16.0. The van der Waals surface area contributed by atoms with E-state index in [-0.39, 0.29) is 17.9 Å². The van der Waals surface area contributed by atoms with Gasteiger partial charge >= 0.3 is 0 Å². The predicted octanol–water partition coefficient (Wildman–Crippen LogP) is 4.19. The molecule has 0 aliphatic heterocycles. The number of hydrogen-bond donors (Lipinski definition) is 0. The third kappa shape index (κ3) is 3.14. The number of carbonyl (C=O) groups is 1. The van der Waals surface area contributed by atoms with Crippen molar-refractivity contribution in [1.82, 2.24) is 9.47 Å². The second-order valence-electron chi connectivity index (χ2n) is 7.78. The number of para-hydroxylation sites is 2. The van der Waals surface area contributed by atoms with Crippen molar-refractivity contribution in [2.75, 3.05) is 7.05 Å². The van der Waals surface area contributed by atoms with E-state index >= 15 is 0 Å². The molecule has 1 aromatic heterocycles. The van der Waals surface area contributed by atoms with Crippen LogP contribution in [0, 0.1) is 5.92 Å². The Morgan fingerprint density at radius 1 is 1.00 bits per heavy atom. The van der Waals surface area contributed by atoms with Crippen LogP contribution in [-0.4, -0.2) is 28.5 Å². The van der Waals surface area contributed by atoms with E-state index in [9.17, 15) is 9.59 Å². The first-order chi connectivity index (χ1) is 13.1. The lowest BCUT2D eigenvalue weighted by Crippen LogP contribution is -2.44. The summed E-state index contributed by atoms with van der Waals surface area (Å²) in [5, 5.41) is 1.33. The molecule has 1 saturated carbocycles. The zero-order valence-electron chi connectivity index (χ0n) is 16.0. The molecule has 27 heavy (non-hydrogen) atoms. The van der Waals surface area contributed by atoms with Crippen LogP contribution in [0.4, 0.5) is 0 Å². The highest BCUT2D eigenvalue weighted by atomic mass is 16.2. The molecule has 1 heterocycles. The molecule has 4 heteroatoms. The molecular formula is C23H26N2O2. The average Bonchev–Trinajstić information content (AvgIpc) is 2.71. The van der Waals surface area contributed by atoms with E-state index in [0.29, 0.717) is 22.7 Å². The van der Waals surface area contributed by atoms with Gasteiger partial charge in [-0.1, -0.05) is 44.0 Å². The largest absolute Gasteiger partial charge is 0.341 e. The number of amides is 1. The van der Waals surface area contributed by atoms with Crippen LogP contribution >= 0.6 is 0 Å². The van der Waals surface area contributed by atoms with Crippen LogP contribution < -0.4 is 5.43 Å². The van der Waals surface area contributed by atoms with Crippen LogP contribution in [0.3, 0.4) is 0 Å². The number of aromatic nitrogens is 1. The lowest BCUT2D eigenvalue weighted by atomic mass is 9.85. The first kappa shape index (κ1) is 17.8. The molecular weight excluding hydrogens is 336 g/mol. The van der Waals surface area contributed by atoms with E-state index in [2.05, 4.69) is 6.92 Å². The minimum Gasteiger partial charge on any atom is -0.341 e. The lowest BCUT2D eigenvalue weighted by molar-refractivity contribution is -0.134. The van der Waals surface area contributed by atoms with Crippen molar-refractivity contribution in [2.45, 2.75) is 45.2 Å². The fraction of sp³-hybridized carbons (Fsp3) is 0.391. The highest BCUT2D eigenvalue weighted by molar-refractivity contribution is 5.94. The SMILES string of the molecule is C[C@H]1CCCC[C@@H]1N(C)C(=O)Cn1c2ccccc2c(=O)c2ccccc21. The summed E-state index contributed by atoms with van der Waals surface area (Å²) >= 11 is 0. The van der Waals surface area contributed by atoms with Gasteiger partial charge in [0.15, 0.2) is 5.43 Å². The van der Waals surface area contributed by atoms with Gasteiger partial charge in [0.2, 0.25) is 5.91 Å². The van der Waals surface area contributed by atoms with Gasteiger partial charge in [-0.25, -0.2) is 0 Å². The minimum absolute atomic E-state index is 0.0270. The van der Waals surface area contributed by atoms with Gasteiger partial charge in [0.25, 0.3) is 0 Å². The minimum atomic E-state index is 0.0270. The second kappa shape index (κ2) is 7.18. The highest BCUT2D eigenvalue weighted by Crippen LogP contribution is 2.28. The summed E-state index contributed by atoms with van der Waals surface area (Å²) in [5.41, 5.74) is 1.67. The van der Waals surface area contributed by atoms with Gasteiger partial charge in [-0.3, -0.25) is 9.59 Å². The number of likely N-dealkylation sites (N-methyl/N-ethyl adjacent to an activating group) is 1. The van der Waals surface area contributed by atoms with E-state index in [1.54, 1.807) is 0 Å². The maximum Gasteiger partial charge on any atom is 0.242 e. The zero-order chi connectivity index (χ0) is 19.0. The van der Waals surface area contributed by atoms with Gasteiger partial charge in [-0.15, -0.1) is 0 Å². The molecule has 1 aliphatic rings. The van der Waals surface area contributed by atoms with Crippen LogP contribution in [0.5, 0.6) is 0 Å². The quantitative estimate of drug-likeness (QED) is 0.656. The van der Waals surface area contributed by atoms with Crippen LogP contribution in [0.1, 0.15) is 32.6 Å². The van der Waals surface area contributed by atoms with Gasteiger partial charge in [0.05, 0.1) is 11.0 Å². The second-order valence-corrected chi connectivity index (χ2v) is 7.78. The molecule has 3 aromatic rings. The smallest absolute Gasteiger partial charge is 0.242 e. The van der Waals surface area contributed by atoms with E-state index in [1.165, 1.54) is 19.3 Å². The number of nitrogens with zero attached hydrogens (tertiary/aromatic N) is 2. The fourth-order valence-corrected chi connectivity index (χ4v) is 4.55. The molecule has 2 aromatic carbocycles. The number of benzene rings is 2. The molecule has 0 radical (unpaired) electrons. The van der Waals surface area contributed by atoms with Gasteiger partial charge in [-0.2, -0.15) is 0 Å². The average molecular weight is 362 g/mol. The topological polar surface area (TPSA) is 42.3 Å². The Kier molecular flexibility index (Phi) is 4.73. The first-order valence-electron chi connectivity index (χ1n) is 9.84. The van der Waals surface area contributed by atoms with Crippen molar-refractivity contribution < 1.29 is 4.79 Å². The fourth-order valence-electron chi connectivity index (χ4n) is 4.55. The van der Waals surface area contributed by atoms with Gasteiger partial charge in [-0.05, 0) is 43.0 Å². The Balaban J connectivity index is 1.77. The van der Waals surface area contributed by atoms with Gasteiger partial charge < -0.3 is 9.47 Å². The number of hydrogen-bond acceptors (Lipinski definition) is 2. The maximum atomic E-state index is 13.2. The Morgan fingerprint density at radius 2 is 1.56 bits per heavy atom. The van der Waals surface area contributed by atoms with Gasteiger partial charge in [0, 0.05) is 23.9 Å². The molecule has 0 N–H and O–H groups in total. The highest BCUT2D eigenvalue weighted by Gasteiger charge is 2.28. The Hall–Kier alpha value is -2.62. The molecule has 2 atom stereocenters. The van der Waals surface area contributed by atoms with Crippen molar-refractivity contribution in [1.29, 1.82) is 0 Å². The van der Waals surface area contributed by atoms with Crippen LogP contribution in [0.15, 0.2) is 53.3 Å². The molecule has 4 rings (SSSR count). The third-order valence-corrected chi connectivity index (χ3v) is 6.13. The maximum absolute atomic E-state index is 13.2. The number of carbonyl (C=O) groups excluding carboxylic acids is 1. The summed E-state index contributed by atoms with van der Waals surface area (Å²) in [7, 11) is 1.93. The van der Waals surface area contributed by atoms with E-state index in [4.69, 9.17) is 0 Å². The normalized spacial score (nSPS) is 20.1. The summed E-state index contributed by atoms with van der Waals surface area (Å²) in [5.74, 6) is 0.642. The Morgan fingerprint density at radius 3 is 2.15 bits per heavy atom. The predicted molar refractivity (Wildman–Crippen MR) is 110 cm³/mol. The lowest BCUT2D eigenvalue weighted by Gasteiger charge is -2.36. The number of pyridine rings is 1. The van der Waals surface area contributed by atoms with Crippen molar-refractivity contribution in [3.05, 3.63) is 58.8 Å². The molecule has 1 fully saturated rings. The molecule has 1 aliphatic carbocycles. The third-order valence-electron chi connectivity index (χ3n) is 6.13. The molecule has 0 unspecified atom stereocenters. The summed E-state index contributed by atoms with van der Waals surface area (Å²) < 4.78 is 2.00. The molecule has 0 spiro atoms. The van der Waals surface area contributed by atoms with Gasteiger partial charge in [0.1, 0.15) is 6.54 Å². The van der Waals surface area contributed by atoms with Crippen LogP contribution in [0.2, 0.25) is 0 Å². The first-order valence-corrected chi connectivity index (χ1v) is 9.84. The molecule has 0 saturated heterocycles. The Bertz CT molecular complexity index is 993.